The Kier molecular flexibility index (Phi) is 5.94. The van der Waals surface area contributed by atoms with Gasteiger partial charge in [-0.3, -0.25) is 4.79 Å². The lowest BCUT2D eigenvalue weighted by molar-refractivity contribution is -0.118. The number of halogens is 1. The van der Waals surface area contributed by atoms with E-state index in [1.54, 1.807) is 0 Å². The van der Waals surface area contributed by atoms with Crippen molar-refractivity contribution in [3.63, 3.8) is 0 Å². The third-order valence-corrected chi connectivity index (χ3v) is 2.53. The minimum Gasteiger partial charge on any atom is -0.494 e. The molecular weight excluding hydrogens is 224 g/mol. The summed E-state index contributed by atoms with van der Waals surface area (Å²) >= 11 is 5.55. The molecule has 0 N–H and O–H groups in total. The molecule has 0 aliphatic rings. The summed E-state index contributed by atoms with van der Waals surface area (Å²) < 4.78 is 5.46. The first-order chi connectivity index (χ1) is 7.76. The van der Waals surface area contributed by atoms with Crippen molar-refractivity contribution < 1.29 is 9.53 Å². The Morgan fingerprint density at radius 2 is 2.00 bits per heavy atom. The molecule has 16 heavy (non-hydrogen) atoms. The van der Waals surface area contributed by atoms with E-state index in [2.05, 4.69) is 0 Å². The van der Waals surface area contributed by atoms with Crippen LogP contribution in [0.2, 0.25) is 0 Å². The van der Waals surface area contributed by atoms with Gasteiger partial charge in [0.25, 0.3) is 0 Å². The van der Waals surface area contributed by atoms with Gasteiger partial charge in [-0.05, 0) is 24.1 Å². The molecule has 0 aliphatic carbocycles. The lowest BCUT2D eigenvalue weighted by Gasteiger charge is -2.05. The molecule has 0 radical (unpaired) electrons. The number of carbonyl (C=O) groups excluding carboxylic acids is 1. The van der Waals surface area contributed by atoms with Crippen LogP contribution in [0.1, 0.15) is 25.3 Å². The van der Waals surface area contributed by atoms with Crippen molar-refractivity contribution >= 4 is 17.4 Å². The number of alkyl halides is 1. The van der Waals surface area contributed by atoms with Crippen molar-refractivity contribution in [2.24, 2.45) is 0 Å². The maximum Gasteiger partial charge on any atom is 0.136 e. The van der Waals surface area contributed by atoms with Crippen LogP contribution in [0.15, 0.2) is 24.3 Å². The number of ether oxygens (including phenoxy) is 1. The Hall–Kier alpha value is -1.02. The lowest BCUT2D eigenvalue weighted by Crippen LogP contribution is -2.01. The summed E-state index contributed by atoms with van der Waals surface area (Å²) in [5.41, 5.74) is 1.04. The largest absolute Gasteiger partial charge is 0.494 e. The highest BCUT2D eigenvalue weighted by Crippen LogP contribution is 2.13. The van der Waals surface area contributed by atoms with Crippen molar-refractivity contribution in [2.45, 2.75) is 26.2 Å². The third-order valence-electron chi connectivity index (χ3n) is 2.27. The van der Waals surface area contributed by atoms with E-state index in [4.69, 9.17) is 16.3 Å². The fourth-order valence-electron chi connectivity index (χ4n) is 1.30. The van der Waals surface area contributed by atoms with Crippen molar-refractivity contribution in [1.82, 2.24) is 0 Å². The number of benzene rings is 1. The average molecular weight is 241 g/mol. The SMILES string of the molecule is CCC(=O)Cc1ccc(OCCCCl)cc1. The smallest absolute Gasteiger partial charge is 0.136 e. The number of rotatable bonds is 7. The zero-order valence-electron chi connectivity index (χ0n) is 9.54. The number of ketones is 1. The highest BCUT2D eigenvalue weighted by molar-refractivity contribution is 6.17. The number of hydrogen-bond donors (Lipinski definition) is 0. The van der Waals surface area contributed by atoms with Gasteiger partial charge in [0, 0.05) is 18.7 Å². The van der Waals surface area contributed by atoms with Gasteiger partial charge in [0.15, 0.2) is 0 Å². The average Bonchev–Trinajstić information content (AvgIpc) is 2.31. The topological polar surface area (TPSA) is 26.3 Å². The van der Waals surface area contributed by atoms with E-state index in [1.165, 1.54) is 0 Å². The maximum absolute atomic E-state index is 11.2. The lowest BCUT2D eigenvalue weighted by atomic mass is 10.1. The van der Waals surface area contributed by atoms with Gasteiger partial charge in [-0.2, -0.15) is 0 Å². The van der Waals surface area contributed by atoms with Crippen molar-refractivity contribution in [3.8, 4) is 5.75 Å². The fraction of sp³-hybridized carbons (Fsp3) is 0.462. The summed E-state index contributed by atoms with van der Waals surface area (Å²) in [7, 11) is 0. The number of carbonyl (C=O) groups is 1. The van der Waals surface area contributed by atoms with Gasteiger partial charge in [0.1, 0.15) is 11.5 Å². The highest BCUT2D eigenvalue weighted by atomic mass is 35.5. The second-order valence-electron chi connectivity index (χ2n) is 3.60. The van der Waals surface area contributed by atoms with E-state index >= 15 is 0 Å². The maximum atomic E-state index is 11.2. The van der Waals surface area contributed by atoms with Gasteiger partial charge < -0.3 is 4.74 Å². The second kappa shape index (κ2) is 7.29. The van der Waals surface area contributed by atoms with E-state index in [-0.39, 0.29) is 5.78 Å². The second-order valence-corrected chi connectivity index (χ2v) is 3.98. The van der Waals surface area contributed by atoms with Crippen molar-refractivity contribution in [1.29, 1.82) is 0 Å². The number of Topliss-reactive ketones (excluding diaryl/α,β-unsaturated/α-hetero) is 1. The molecule has 0 heterocycles. The van der Waals surface area contributed by atoms with Crippen LogP contribution in [0.25, 0.3) is 0 Å². The summed E-state index contributed by atoms with van der Waals surface area (Å²) in [6.07, 6.45) is 1.95. The van der Waals surface area contributed by atoms with Gasteiger partial charge >= 0.3 is 0 Å². The van der Waals surface area contributed by atoms with E-state index in [0.717, 1.165) is 17.7 Å². The molecule has 2 nitrogen and oxygen atoms in total. The molecule has 0 saturated carbocycles. The monoisotopic (exact) mass is 240 g/mol. The molecule has 3 heteroatoms. The molecule has 1 rings (SSSR count). The molecule has 0 amide bonds. The van der Waals surface area contributed by atoms with Crippen molar-refractivity contribution in [2.75, 3.05) is 12.5 Å². The third kappa shape index (κ3) is 4.67. The van der Waals surface area contributed by atoms with Crippen LogP contribution in [0.4, 0.5) is 0 Å². The summed E-state index contributed by atoms with van der Waals surface area (Å²) in [5, 5.41) is 0. The van der Waals surface area contributed by atoms with Crippen molar-refractivity contribution in [3.05, 3.63) is 29.8 Å². The molecule has 0 spiro atoms. The van der Waals surface area contributed by atoms with Crippen LogP contribution in [0.5, 0.6) is 5.75 Å². The first kappa shape index (κ1) is 13.0. The minimum absolute atomic E-state index is 0.260. The predicted octanol–water partition coefficient (Wildman–Crippen LogP) is 3.22. The normalized spacial score (nSPS) is 10.1. The van der Waals surface area contributed by atoms with Crippen LogP contribution in [0, 0.1) is 0 Å². The van der Waals surface area contributed by atoms with Gasteiger partial charge in [-0.1, -0.05) is 19.1 Å². The van der Waals surface area contributed by atoms with Crippen LogP contribution in [-0.4, -0.2) is 18.3 Å². The van der Waals surface area contributed by atoms with Crippen LogP contribution in [0.3, 0.4) is 0 Å². The molecule has 88 valence electrons. The Labute approximate surface area is 102 Å². The zero-order chi connectivity index (χ0) is 11.8. The molecule has 0 bridgehead atoms. The predicted molar refractivity (Wildman–Crippen MR) is 66.3 cm³/mol. The van der Waals surface area contributed by atoms with Crippen LogP contribution >= 0.6 is 11.6 Å². The van der Waals surface area contributed by atoms with Crippen LogP contribution in [-0.2, 0) is 11.2 Å². The van der Waals surface area contributed by atoms with Gasteiger partial charge in [-0.25, -0.2) is 0 Å². The molecule has 0 unspecified atom stereocenters. The Balaban J connectivity index is 2.44. The molecule has 1 aromatic carbocycles. The summed E-state index contributed by atoms with van der Waals surface area (Å²) in [6.45, 7) is 2.52. The summed E-state index contributed by atoms with van der Waals surface area (Å²) in [5.74, 6) is 1.71. The van der Waals surface area contributed by atoms with E-state index in [1.807, 2.05) is 31.2 Å². The van der Waals surface area contributed by atoms with E-state index in [0.29, 0.717) is 25.3 Å². The Morgan fingerprint density at radius 1 is 1.31 bits per heavy atom. The van der Waals surface area contributed by atoms with E-state index < -0.39 is 0 Å². The highest BCUT2D eigenvalue weighted by Gasteiger charge is 2.01. The fourth-order valence-corrected chi connectivity index (χ4v) is 1.41. The minimum atomic E-state index is 0.260. The first-order valence-electron chi connectivity index (χ1n) is 5.55. The number of hydrogen-bond acceptors (Lipinski definition) is 2. The molecule has 0 saturated heterocycles. The Bertz CT molecular complexity index is 319. The van der Waals surface area contributed by atoms with E-state index in [9.17, 15) is 4.79 Å². The quantitative estimate of drug-likeness (QED) is 0.540. The van der Waals surface area contributed by atoms with Gasteiger partial charge in [0.05, 0.1) is 6.61 Å². The molecule has 0 aromatic heterocycles. The molecule has 1 aromatic rings. The Morgan fingerprint density at radius 3 is 2.56 bits per heavy atom. The first-order valence-corrected chi connectivity index (χ1v) is 6.09. The molecule has 0 atom stereocenters. The standard InChI is InChI=1S/C13H17ClO2/c1-2-12(15)10-11-4-6-13(7-5-11)16-9-3-8-14/h4-7H,2-3,8-10H2,1H3. The molecule has 0 fully saturated rings. The summed E-state index contributed by atoms with van der Waals surface area (Å²) in [6, 6.07) is 7.66. The zero-order valence-corrected chi connectivity index (χ0v) is 10.3. The van der Waals surface area contributed by atoms with Gasteiger partial charge in [-0.15, -0.1) is 11.6 Å². The molecule has 0 aliphatic heterocycles. The van der Waals surface area contributed by atoms with Crippen LogP contribution < -0.4 is 4.74 Å². The molecular formula is C13H17ClO2. The summed E-state index contributed by atoms with van der Waals surface area (Å²) in [4.78, 5) is 11.2. The van der Waals surface area contributed by atoms with Gasteiger partial charge in [0.2, 0.25) is 0 Å².